The Balaban J connectivity index is 1.69. The van der Waals surface area contributed by atoms with Crippen LogP contribution in [-0.4, -0.2) is 0 Å². The van der Waals surface area contributed by atoms with Crippen molar-refractivity contribution in [1.82, 2.24) is 0 Å². The molecule has 3 rings (SSSR count). The van der Waals surface area contributed by atoms with Crippen LogP contribution in [-0.2, 0) is 25.7 Å². The van der Waals surface area contributed by atoms with Gasteiger partial charge in [0.25, 0.3) is 0 Å². The third-order valence-corrected chi connectivity index (χ3v) is 6.97. The molecule has 0 saturated carbocycles. The first-order valence-electron chi connectivity index (χ1n) is 8.38. The molecule has 0 fully saturated rings. The summed E-state index contributed by atoms with van der Waals surface area (Å²) in [6.45, 7) is 0. The molecule has 0 aliphatic carbocycles. The Bertz CT molecular complexity index is 788. The van der Waals surface area contributed by atoms with Crippen molar-refractivity contribution in [3.05, 3.63) is 102 Å². The van der Waals surface area contributed by atoms with Crippen LogP contribution in [0, 0.1) is 0 Å². The Morgan fingerprint density at radius 1 is 0.440 bits per heavy atom. The van der Waals surface area contributed by atoms with Crippen molar-refractivity contribution < 1.29 is 0 Å². The molecule has 0 saturated heterocycles. The molecule has 0 atom stereocenters. The van der Waals surface area contributed by atoms with Gasteiger partial charge in [-0.25, -0.2) is 0 Å². The monoisotopic (exact) mass is 520 g/mol. The van der Waals surface area contributed by atoms with Gasteiger partial charge in [0.05, 0.1) is 0 Å². The maximum Gasteiger partial charge on any atom is 0.0239 e. The highest BCUT2D eigenvalue weighted by molar-refractivity contribution is 9.11. The zero-order valence-electron chi connectivity index (χ0n) is 13.8. The third kappa shape index (κ3) is 5.06. The van der Waals surface area contributed by atoms with E-state index < -0.39 is 0 Å². The van der Waals surface area contributed by atoms with Crippen LogP contribution < -0.4 is 0 Å². The van der Waals surface area contributed by atoms with E-state index in [0.29, 0.717) is 0 Å². The minimum absolute atomic E-state index is 1.03. The molecule has 0 radical (unpaired) electrons. The van der Waals surface area contributed by atoms with E-state index in [1.54, 1.807) is 0 Å². The van der Waals surface area contributed by atoms with Crippen LogP contribution in [0.15, 0.2) is 80.1 Å². The predicted octanol–water partition coefficient (Wildman–Crippen LogP) is 7.54. The first kappa shape index (κ1) is 18.9. The molecule has 0 amide bonds. The third-order valence-electron chi connectivity index (χ3n) is 4.40. The van der Waals surface area contributed by atoms with Gasteiger partial charge in [-0.15, -0.1) is 0 Å². The molecule has 0 heterocycles. The number of benzene rings is 3. The van der Waals surface area contributed by atoms with E-state index >= 15 is 0 Å². The highest BCUT2D eigenvalue weighted by Crippen LogP contribution is 2.27. The zero-order valence-corrected chi connectivity index (χ0v) is 18.6. The average molecular weight is 523 g/mol. The van der Waals surface area contributed by atoms with E-state index in [4.69, 9.17) is 0 Å². The van der Waals surface area contributed by atoms with Gasteiger partial charge < -0.3 is 0 Å². The lowest BCUT2D eigenvalue weighted by Crippen LogP contribution is -1.98. The summed E-state index contributed by atoms with van der Waals surface area (Å²) in [6, 6.07) is 23.5. The minimum Gasteiger partial charge on any atom is -0.0619 e. The number of rotatable bonds is 6. The van der Waals surface area contributed by atoms with E-state index in [-0.39, 0.29) is 0 Å². The van der Waals surface area contributed by atoms with Crippen molar-refractivity contribution in [3.63, 3.8) is 0 Å². The molecule has 0 spiro atoms. The van der Waals surface area contributed by atoms with Crippen molar-refractivity contribution in [2.45, 2.75) is 25.7 Å². The number of hydrogen-bond donors (Lipinski definition) is 0. The van der Waals surface area contributed by atoms with Crippen molar-refractivity contribution in [1.29, 1.82) is 0 Å². The molecule has 0 bridgehead atoms. The van der Waals surface area contributed by atoms with Crippen LogP contribution >= 0.6 is 47.8 Å². The fraction of sp³-hybridized carbons (Fsp3) is 0.182. The zero-order chi connectivity index (χ0) is 17.6. The topological polar surface area (TPSA) is 0 Å². The van der Waals surface area contributed by atoms with Crippen LogP contribution in [0.3, 0.4) is 0 Å². The molecule has 0 aliphatic heterocycles. The summed E-state index contributed by atoms with van der Waals surface area (Å²) in [7, 11) is 0. The first-order valence-corrected chi connectivity index (χ1v) is 10.8. The summed E-state index contributed by atoms with van der Waals surface area (Å²) in [5.74, 6) is 0. The van der Waals surface area contributed by atoms with Gasteiger partial charge in [0.2, 0.25) is 0 Å². The number of aryl methyl sites for hydroxylation is 4. The lowest BCUT2D eigenvalue weighted by molar-refractivity contribution is 0.916. The van der Waals surface area contributed by atoms with Crippen molar-refractivity contribution in [2.75, 3.05) is 0 Å². The van der Waals surface area contributed by atoms with E-state index in [1.165, 1.54) is 35.7 Å². The molecule has 25 heavy (non-hydrogen) atoms. The Kier molecular flexibility index (Phi) is 6.92. The lowest BCUT2D eigenvalue weighted by atomic mass is 9.99. The molecule has 128 valence electrons. The molecule has 3 heteroatoms. The smallest absolute Gasteiger partial charge is 0.0239 e. The van der Waals surface area contributed by atoms with Crippen molar-refractivity contribution in [2.24, 2.45) is 0 Å². The largest absolute Gasteiger partial charge is 0.0619 e. The standard InChI is InChI=1S/C22H19Br3/c23-20-10-3-1-6-16(20)12-14-18-8-5-9-19(22(18)25)15-13-17-7-2-4-11-21(17)24/h1-11H,12-15H2. The van der Waals surface area contributed by atoms with Gasteiger partial charge in [0, 0.05) is 13.4 Å². The molecular weight excluding hydrogens is 504 g/mol. The molecule has 0 aromatic heterocycles. The average Bonchev–Trinajstić information content (AvgIpc) is 2.62. The quantitative estimate of drug-likeness (QED) is 0.313. The number of halogens is 3. The molecule has 0 aliphatic rings. The SMILES string of the molecule is Brc1ccccc1CCc1cccc(CCc2ccccc2Br)c1Br. The van der Waals surface area contributed by atoms with Gasteiger partial charge in [-0.3, -0.25) is 0 Å². The van der Waals surface area contributed by atoms with Crippen molar-refractivity contribution >= 4 is 47.8 Å². The maximum atomic E-state index is 3.84. The van der Waals surface area contributed by atoms with Gasteiger partial charge in [0.1, 0.15) is 0 Å². The lowest BCUT2D eigenvalue weighted by Gasteiger charge is -2.11. The molecule has 3 aromatic carbocycles. The highest BCUT2D eigenvalue weighted by atomic mass is 79.9. The Hall–Kier alpha value is -0.900. The summed E-state index contributed by atoms with van der Waals surface area (Å²) >= 11 is 11.1. The van der Waals surface area contributed by atoms with Gasteiger partial charge in [-0.2, -0.15) is 0 Å². The Labute approximate surface area is 175 Å². The van der Waals surface area contributed by atoms with E-state index in [2.05, 4.69) is 115 Å². The normalized spacial score (nSPS) is 10.8. The number of hydrogen-bond acceptors (Lipinski definition) is 0. The molecule has 0 nitrogen and oxygen atoms in total. The summed E-state index contributed by atoms with van der Waals surface area (Å²) in [6.07, 6.45) is 4.14. The van der Waals surface area contributed by atoms with Gasteiger partial charge in [0.15, 0.2) is 0 Å². The van der Waals surface area contributed by atoms with Crippen LogP contribution in [0.25, 0.3) is 0 Å². The van der Waals surface area contributed by atoms with Gasteiger partial charge in [-0.05, 0) is 60.1 Å². The van der Waals surface area contributed by atoms with Crippen LogP contribution in [0.1, 0.15) is 22.3 Å². The first-order chi connectivity index (χ1) is 12.1. The predicted molar refractivity (Wildman–Crippen MR) is 117 cm³/mol. The van der Waals surface area contributed by atoms with Crippen LogP contribution in [0.5, 0.6) is 0 Å². The fourth-order valence-electron chi connectivity index (χ4n) is 2.96. The maximum absolute atomic E-state index is 3.84. The van der Waals surface area contributed by atoms with Crippen LogP contribution in [0.2, 0.25) is 0 Å². The van der Waals surface area contributed by atoms with E-state index in [1.807, 2.05) is 0 Å². The van der Waals surface area contributed by atoms with Crippen molar-refractivity contribution in [3.8, 4) is 0 Å². The molecule has 0 N–H and O–H groups in total. The molecule has 3 aromatic rings. The minimum atomic E-state index is 1.03. The summed E-state index contributed by atoms with van der Waals surface area (Å²) in [5, 5.41) is 0. The molecule has 0 unspecified atom stereocenters. The Morgan fingerprint density at radius 3 is 1.24 bits per heavy atom. The fourth-order valence-corrected chi connectivity index (χ4v) is 4.59. The second-order valence-corrected chi connectivity index (χ2v) is 8.57. The molecular formula is C22H19Br3. The summed E-state index contributed by atoms with van der Waals surface area (Å²) in [5.41, 5.74) is 5.46. The van der Waals surface area contributed by atoms with Crippen LogP contribution in [0.4, 0.5) is 0 Å². The second kappa shape index (κ2) is 9.16. The second-order valence-electron chi connectivity index (χ2n) is 6.07. The van der Waals surface area contributed by atoms with Gasteiger partial charge >= 0.3 is 0 Å². The van der Waals surface area contributed by atoms with E-state index in [9.17, 15) is 0 Å². The summed E-state index contributed by atoms with van der Waals surface area (Å²) in [4.78, 5) is 0. The highest BCUT2D eigenvalue weighted by Gasteiger charge is 2.08. The van der Waals surface area contributed by atoms with Gasteiger partial charge in [-0.1, -0.05) is 102 Å². The van der Waals surface area contributed by atoms with E-state index in [0.717, 1.165) is 25.7 Å². The summed E-state index contributed by atoms with van der Waals surface area (Å²) < 4.78 is 3.64. The Morgan fingerprint density at radius 2 is 0.800 bits per heavy atom.